The van der Waals surface area contributed by atoms with Crippen LogP contribution < -0.4 is 15.4 Å². The van der Waals surface area contributed by atoms with Gasteiger partial charge < -0.3 is 15.4 Å². The fourth-order valence-electron chi connectivity index (χ4n) is 1.70. The van der Waals surface area contributed by atoms with Gasteiger partial charge in [-0.15, -0.1) is 0 Å². The average molecular weight is 268 g/mol. The highest BCUT2D eigenvalue weighted by molar-refractivity contribution is 5.49. The summed E-state index contributed by atoms with van der Waals surface area (Å²) in [5.74, 6) is -0.00813. The van der Waals surface area contributed by atoms with Crippen molar-refractivity contribution in [3.05, 3.63) is 24.0 Å². The van der Waals surface area contributed by atoms with Crippen molar-refractivity contribution in [3.63, 3.8) is 0 Å². The molecule has 1 aromatic rings. The van der Waals surface area contributed by atoms with Gasteiger partial charge in [0.2, 0.25) is 0 Å². The Balaban J connectivity index is 2.67. The van der Waals surface area contributed by atoms with E-state index in [-0.39, 0.29) is 11.2 Å². The summed E-state index contributed by atoms with van der Waals surface area (Å²) in [5.41, 5.74) is 6.68. The van der Waals surface area contributed by atoms with Crippen LogP contribution in [0.25, 0.3) is 0 Å². The van der Waals surface area contributed by atoms with E-state index in [2.05, 4.69) is 13.8 Å². The van der Waals surface area contributed by atoms with Crippen molar-refractivity contribution in [2.75, 3.05) is 31.6 Å². The monoisotopic (exact) mass is 268 g/mol. The Bertz CT molecular complexity index is 407. The summed E-state index contributed by atoms with van der Waals surface area (Å²) >= 11 is 0. The maximum atomic E-state index is 13.8. The fourth-order valence-corrected chi connectivity index (χ4v) is 1.70. The van der Waals surface area contributed by atoms with Crippen LogP contribution in [-0.4, -0.2) is 26.7 Å². The summed E-state index contributed by atoms with van der Waals surface area (Å²) < 4.78 is 19.0. The van der Waals surface area contributed by atoms with Crippen LogP contribution in [0.4, 0.5) is 10.1 Å². The molecular weight excluding hydrogens is 243 g/mol. The third-order valence-electron chi connectivity index (χ3n) is 3.33. The van der Waals surface area contributed by atoms with E-state index in [1.807, 2.05) is 24.9 Å². The highest BCUT2D eigenvalue weighted by Gasteiger charge is 2.16. The molecule has 19 heavy (non-hydrogen) atoms. The van der Waals surface area contributed by atoms with E-state index in [9.17, 15) is 4.39 Å². The van der Waals surface area contributed by atoms with Gasteiger partial charge in [0, 0.05) is 25.3 Å². The van der Waals surface area contributed by atoms with Crippen LogP contribution in [-0.2, 0) is 0 Å². The number of halogens is 1. The Morgan fingerprint density at radius 3 is 2.58 bits per heavy atom. The quantitative estimate of drug-likeness (QED) is 0.826. The lowest BCUT2D eigenvalue weighted by molar-refractivity contribution is 0.321. The highest BCUT2D eigenvalue weighted by Crippen LogP contribution is 2.25. The van der Waals surface area contributed by atoms with Crippen molar-refractivity contribution in [2.45, 2.75) is 27.2 Å². The van der Waals surface area contributed by atoms with E-state index in [1.54, 1.807) is 6.07 Å². The summed E-state index contributed by atoms with van der Waals surface area (Å²) in [6.07, 6.45) is 0.967. The Labute approximate surface area is 115 Å². The second kappa shape index (κ2) is 6.75. The van der Waals surface area contributed by atoms with Crippen molar-refractivity contribution in [3.8, 4) is 5.75 Å². The zero-order valence-electron chi connectivity index (χ0n) is 12.4. The number of nitrogens with zero attached hydrogens (tertiary/aromatic N) is 1. The summed E-state index contributed by atoms with van der Waals surface area (Å²) in [6, 6.07) is 5.07. The number of benzene rings is 1. The molecule has 0 aliphatic rings. The summed E-state index contributed by atoms with van der Waals surface area (Å²) in [6.45, 7) is 8.08. The van der Waals surface area contributed by atoms with Crippen LogP contribution in [0.3, 0.4) is 0 Å². The van der Waals surface area contributed by atoms with Gasteiger partial charge in [-0.2, -0.15) is 0 Å². The molecule has 0 aliphatic heterocycles. The molecule has 0 bridgehead atoms. The molecule has 1 aromatic carbocycles. The third kappa shape index (κ3) is 4.71. The van der Waals surface area contributed by atoms with Crippen LogP contribution in [0.15, 0.2) is 18.2 Å². The normalized spacial score (nSPS) is 11.5. The maximum absolute atomic E-state index is 13.8. The molecule has 0 atom stereocenters. The standard InChI is InChI=1S/C15H25FN2O/c1-5-19-14-7-6-12(10-13(14)16)18(4)9-8-15(2,3)11-17/h6-7,10H,5,8-9,11,17H2,1-4H3. The first kappa shape index (κ1) is 15.8. The molecule has 0 saturated carbocycles. The molecule has 0 radical (unpaired) electrons. The van der Waals surface area contributed by atoms with E-state index in [1.165, 1.54) is 6.07 Å². The molecule has 3 nitrogen and oxygen atoms in total. The first-order valence-electron chi connectivity index (χ1n) is 6.73. The van der Waals surface area contributed by atoms with E-state index in [0.29, 0.717) is 18.9 Å². The lowest BCUT2D eigenvalue weighted by Gasteiger charge is -2.27. The van der Waals surface area contributed by atoms with Gasteiger partial charge in [0.05, 0.1) is 6.61 Å². The van der Waals surface area contributed by atoms with Crippen LogP contribution >= 0.6 is 0 Å². The molecule has 2 N–H and O–H groups in total. The van der Waals surface area contributed by atoms with Crippen LogP contribution in [0.1, 0.15) is 27.2 Å². The molecule has 0 spiro atoms. The second-order valence-corrected chi connectivity index (χ2v) is 5.59. The minimum absolute atomic E-state index is 0.109. The number of nitrogens with two attached hydrogens (primary N) is 1. The van der Waals surface area contributed by atoms with Gasteiger partial charge in [-0.3, -0.25) is 0 Å². The van der Waals surface area contributed by atoms with Crippen molar-refractivity contribution < 1.29 is 9.13 Å². The van der Waals surface area contributed by atoms with Crippen LogP contribution in [0.5, 0.6) is 5.75 Å². The first-order chi connectivity index (χ1) is 8.89. The van der Waals surface area contributed by atoms with E-state index >= 15 is 0 Å². The molecule has 4 heteroatoms. The van der Waals surface area contributed by atoms with E-state index in [0.717, 1.165) is 18.7 Å². The van der Waals surface area contributed by atoms with Gasteiger partial charge in [0.15, 0.2) is 11.6 Å². The third-order valence-corrected chi connectivity index (χ3v) is 3.33. The lowest BCUT2D eigenvalue weighted by Crippen LogP contribution is -2.29. The maximum Gasteiger partial charge on any atom is 0.167 e. The van der Waals surface area contributed by atoms with Gasteiger partial charge in [0.25, 0.3) is 0 Å². The minimum Gasteiger partial charge on any atom is -0.491 e. The lowest BCUT2D eigenvalue weighted by atomic mass is 9.89. The number of ether oxygens (including phenoxy) is 1. The van der Waals surface area contributed by atoms with Crippen molar-refractivity contribution in [1.29, 1.82) is 0 Å². The van der Waals surface area contributed by atoms with E-state index in [4.69, 9.17) is 10.5 Å². The smallest absolute Gasteiger partial charge is 0.167 e. The minimum atomic E-state index is -0.315. The zero-order chi connectivity index (χ0) is 14.5. The molecule has 0 unspecified atom stereocenters. The Morgan fingerprint density at radius 2 is 2.05 bits per heavy atom. The summed E-state index contributed by atoms with van der Waals surface area (Å²) in [5, 5.41) is 0. The number of anilines is 1. The zero-order valence-corrected chi connectivity index (χ0v) is 12.4. The molecule has 0 heterocycles. The van der Waals surface area contributed by atoms with Crippen molar-refractivity contribution >= 4 is 5.69 Å². The Hall–Kier alpha value is -1.29. The molecule has 1 rings (SSSR count). The Kier molecular flexibility index (Phi) is 5.60. The van der Waals surface area contributed by atoms with Crippen LogP contribution in [0, 0.1) is 11.2 Å². The van der Waals surface area contributed by atoms with Gasteiger partial charge in [-0.25, -0.2) is 4.39 Å². The molecule has 0 fully saturated rings. The Morgan fingerprint density at radius 1 is 1.37 bits per heavy atom. The molecule has 108 valence electrons. The molecule has 0 saturated heterocycles. The molecule has 0 amide bonds. The average Bonchev–Trinajstić information content (AvgIpc) is 2.38. The fraction of sp³-hybridized carbons (Fsp3) is 0.600. The topological polar surface area (TPSA) is 38.5 Å². The van der Waals surface area contributed by atoms with E-state index < -0.39 is 0 Å². The highest BCUT2D eigenvalue weighted by atomic mass is 19.1. The number of hydrogen-bond donors (Lipinski definition) is 1. The predicted octanol–water partition coefficient (Wildman–Crippen LogP) is 3.04. The molecule has 0 aromatic heterocycles. The van der Waals surface area contributed by atoms with Gasteiger partial charge in [0.1, 0.15) is 0 Å². The van der Waals surface area contributed by atoms with Gasteiger partial charge in [-0.1, -0.05) is 13.8 Å². The molecule has 0 aliphatic carbocycles. The van der Waals surface area contributed by atoms with Gasteiger partial charge in [-0.05, 0) is 37.4 Å². The van der Waals surface area contributed by atoms with Gasteiger partial charge >= 0.3 is 0 Å². The SMILES string of the molecule is CCOc1ccc(N(C)CCC(C)(C)CN)cc1F. The first-order valence-corrected chi connectivity index (χ1v) is 6.73. The predicted molar refractivity (Wildman–Crippen MR) is 78.3 cm³/mol. The number of rotatable bonds is 7. The van der Waals surface area contributed by atoms with Crippen molar-refractivity contribution in [2.24, 2.45) is 11.1 Å². The molecular formula is C15H25FN2O. The van der Waals surface area contributed by atoms with Crippen molar-refractivity contribution in [1.82, 2.24) is 0 Å². The number of hydrogen-bond acceptors (Lipinski definition) is 3. The summed E-state index contributed by atoms with van der Waals surface area (Å²) in [7, 11) is 1.96. The largest absolute Gasteiger partial charge is 0.491 e. The second-order valence-electron chi connectivity index (χ2n) is 5.59. The summed E-state index contributed by atoms with van der Waals surface area (Å²) in [4.78, 5) is 2.04. The van der Waals surface area contributed by atoms with Crippen LogP contribution in [0.2, 0.25) is 0 Å².